The predicted octanol–water partition coefficient (Wildman–Crippen LogP) is 1.32. The zero-order valence-electron chi connectivity index (χ0n) is 9.69. The molecule has 0 radical (unpaired) electrons. The molecule has 1 aliphatic carbocycles. The summed E-state index contributed by atoms with van der Waals surface area (Å²) < 4.78 is 24.1. The van der Waals surface area contributed by atoms with Crippen LogP contribution in [0, 0.1) is 0 Å². The maximum Gasteiger partial charge on any atom is 0.232 e. The minimum absolute atomic E-state index is 0.502. The lowest BCUT2D eigenvalue weighted by molar-refractivity contribution is 0.600. The van der Waals surface area contributed by atoms with E-state index in [2.05, 4.69) is 6.92 Å². The molecule has 88 valence electrons. The van der Waals surface area contributed by atoms with Crippen molar-refractivity contribution in [3.63, 3.8) is 0 Å². The summed E-state index contributed by atoms with van der Waals surface area (Å²) in [5, 5.41) is 0. The van der Waals surface area contributed by atoms with Crippen molar-refractivity contribution >= 4 is 21.4 Å². The molecule has 0 bridgehead atoms. The third-order valence-electron chi connectivity index (χ3n) is 3.18. The van der Waals surface area contributed by atoms with Crippen LogP contribution in [0.2, 0.25) is 0 Å². The molecule has 0 amide bonds. The molecule has 1 unspecified atom stereocenters. The van der Waals surface area contributed by atoms with Gasteiger partial charge in [0.25, 0.3) is 0 Å². The zero-order chi connectivity index (χ0) is 12.1. The number of nitrogen functional groups attached to an aromatic ring is 1. The third-order valence-corrected chi connectivity index (χ3v) is 4.37. The van der Waals surface area contributed by atoms with Gasteiger partial charge in [0.15, 0.2) is 0 Å². The van der Waals surface area contributed by atoms with Gasteiger partial charge in [-0.15, -0.1) is 0 Å². The lowest BCUT2D eigenvalue weighted by Gasteiger charge is -2.30. The monoisotopic (exact) mass is 240 g/mol. The lowest BCUT2D eigenvalue weighted by Crippen LogP contribution is -2.27. The van der Waals surface area contributed by atoms with Gasteiger partial charge in [-0.05, 0) is 35.6 Å². The average Bonchev–Trinajstić information content (AvgIpc) is 2.14. The number of rotatable bonds is 2. The molecule has 16 heavy (non-hydrogen) atoms. The van der Waals surface area contributed by atoms with Gasteiger partial charge in [0.05, 0.1) is 17.6 Å². The van der Waals surface area contributed by atoms with Crippen LogP contribution >= 0.6 is 0 Å². The summed E-state index contributed by atoms with van der Waals surface area (Å²) in [5.74, 6) is 0.502. The number of nitrogens with two attached hydrogens (primary N) is 1. The molecule has 2 rings (SSSR count). The first-order valence-electron chi connectivity index (χ1n) is 5.17. The van der Waals surface area contributed by atoms with E-state index >= 15 is 0 Å². The van der Waals surface area contributed by atoms with Crippen LogP contribution in [0.4, 0.5) is 11.4 Å². The Morgan fingerprint density at radius 1 is 1.44 bits per heavy atom. The van der Waals surface area contributed by atoms with Crippen molar-refractivity contribution in [2.24, 2.45) is 0 Å². The smallest absolute Gasteiger partial charge is 0.232 e. The average molecular weight is 240 g/mol. The summed E-state index contributed by atoms with van der Waals surface area (Å²) in [7, 11) is -1.72. The molecule has 0 aliphatic heterocycles. The first-order chi connectivity index (χ1) is 7.30. The summed E-state index contributed by atoms with van der Waals surface area (Å²) in [5.41, 5.74) is 9.40. The van der Waals surface area contributed by atoms with Crippen LogP contribution in [0.15, 0.2) is 12.1 Å². The summed E-state index contributed by atoms with van der Waals surface area (Å²) in [6, 6.07) is 3.77. The van der Waals surface area contributed by atoms with E-state index < -0.39 is 10.0 Å². The fourth-order valence-electron chi connectivity index (χ4n) is 2.06. The SMILES string of the molecule is CC1Cc2cc(N)c(N(C)S(C)(=O)=O)cc21. The van der Waals surface area contributed by atoms with Crippen molar-refractivity contribution in [2.75, 3.05) is 23.3 Å². The Labute approximate surface area is 96.1 Å². The highest BCUT2D eigenvalue weighted by Gasteiger charge is 2.25. The topological polar surface area (TPSA) is 63.4 Å². The number of hydrogen-bond donors (Lipinski definition) is 1. The summed E-state index contributed by atoms with van der Waals surface area (Å²) in [6.07, 6.45) is 2.21. The van der Waals surface area contributed by atoms with Crippen molar-refractivity contribution in [3.8, 4) is 0 Å². The van der Waals surface area contributed by atoms with Crippen LogP contribution < -0.4 is 10.0 Å². The minimum Gasteiger partial charge on any atom is -0.397 e. The molecule has 0 saturated heterocycles. The van der Waals surface area contributed by atoms with Crippen molar-refractivity contribution in [1.82, 2.24) is 0 Å². The number of benzene rings is 1. The number of nitrogens with zero attached hydrogens (tertiary/aromatic N) is 1. The van der Waals surface area contributed by atoms with Gasteiger partial charge in [-0.2, -0.15) is 0 Å². The van der Waals surface area contributed by atoms with Gasteiger partial charge in [0, 0.05) is 7.05 Å². The second-order valence-electron chi connectivity index (χ2n) is 4.45. The molecule has 0 saturated carbocycles. The molecule has 4 nitrogen and oxygen atoms in total. The number of anilines is 2. The Kier molecular flexibility index (Phi) is 2.38. The Balaban J connectivity index is 2.50. The Morgan fingerprint density at radius 2 is 2.06 bits per heavy atom. The molecule has 1 aromatic rings. The third kappa shape index (κ3) is 1.65. The molecule has 0 fully saturated rings. The normalized spacial score (nSPS) is 18.8. The van der Waals surface area contributed by atoms with E-state index in [1.54, 1.807) is 0 Å². The molecular weight excluding hydrogens is 224 g/mol. The van der Waals surface area contributed by atoms with Gasteiger partial charge in [-0.25, -0.2) is 8.42 Å². The standard InChI is InChI=1S/C11H16N2O2S/c1-7-4-8-5-10(12)11(6-9(7)8)13(2)16(3,14)15/h5-7H,4,12H2,1-3H3. The highest BCUT2D eigenvalue weighted by molar-refractivity contribution is 7.92. The Morgan fingerprint density at radius 3 is 2.56 bits per heavy atom. The molecule has 1 aromatic carbocycles. The van der Waals surface area contributed by atoms with Gasteiger partial charge < -0.3 is 5.73 Å². The second-order valence-corrected chi connectivity index (χ2v) is 6.46. The molecule has 0 heterocycles. The van der Waals surface area contributed by atoms with Gasteiger partial charge in [0.1, 0.15) is 0 Å². The van der Waals surface area contributed by atoms with Crippen LogP contribution in [0.3, 0.4) is 0 Å². The minimum atomic E-state index is -3.25. The molecular formula is C11H16N2O2S. The van der Waals surface area contributed by atoms with E-state index in [1.807, 2.05) is 12.1 Å². The van der Waals surface area contributed by atoms with E-state index in [1.165, 1.54) is 28.7 Å². The van der Waals surface area contributed by atoms with Crippen LogP contribution in [-0.2, 0) is 16.4 Å². The van der Waals surface area contributed by atoms with Gasteiger partial charge >= 0.3 is 0 Å². The lowest BCUT2D eigenvalue weighted by atomic mass is 9.78. The first kappa shape index (κ1) is 11.3. The van der Waals surface area contributed by atoms with Crippen molar-refractivity contribution < 1.29 is 8.42 Å². The van der Waals surface area contributed by atoms with E-state index in [0.29, 0.717) is 17.3 Å². The Bertz CT molecular complexity index is 537. The van der Waals surface area contributed by atoms with Gasteiger partial charge in [-0.3, -0.25) is 4.31 Å². The molecule has 5 heteroatoms. The summed E-state index contributed by atoms with van der Waals surface area (Å²) >= 11 is 0. The fourth-order valence-corrected chi connectivity index (χ4v) is 2.58. The van der Waals surface area contributed by atoms with Gasteiger partial charge in [0.2, 0.25) is 10.0 Å². The molecule has 2 N–H and O–H groups in total. The maximum atomic E-state index is 11.5. The van der Waals surface area contributed by atoms with Gasteiger partial charge in [-0.1, -0.05) is 6.92 Å². The summed E-state index contributed by atoms with van der Waals surface area (Å²) in [6.45, 7) is 2.13. The van der Waals surface area contributed by atoms with Crippen LogP contribution in [-0.4, -0.2) is 21.7 Å². The highest BCUT2D eigenvalue weighted by atomic mass is 32.2. The largest absolute Gasteiger partial charge is 0.397 e. The predicted molar refractivity (Wildman–Crippen MR) is 66.2 cm³/mol. The van der Waals surface area contributed by atoms with E-state index in [-0.39, 0.29) is 0 Å². The van der Waals surface area contributed by atoms with Crippen molar-refractivity contribution in [3.05, 3.63) is 23.3 Å². The van der Waals surface area contributed by atoms with E-state index in [4.69, 9.17) is 5.73 Å². The molecule has 0 aromatic heterocycles. The number of fused-ring (bicyclic) bond motifs is 1. The number of hydrogen-bond acceptors (Lipinski definition) is 3. The Hall–Kier alpha value is -1.23. The zero-order valence-corrected chi connectivity index (χ0v) is 10.5. The van der Waals surface area contributed by atoms with E-state index in [9.17, 15) is 8.42 Å². The fraction of sp³-hybridized carbons (Fsp3) is 0.455. The maximum absolute atomic E-state index is 11.5. The van der Waals surface area contributed by atoms with Crippen molar-refractivity contribution in [1.29, 1.82) is 0 Å². The number of sulfonamides is 1. The van der Waals surface area contributed by atoms with E-state index in [0.717, 1.165) is 6.42 Å². The molecule has 1 aliphatic rings. The summed E-state index contributed by atoms with van der Waals surface area (Å²) in [4.78, 5) is 0. The molecule has 0 spiro atoms. The van der Waals surface area contributed by atoms with Crippen LogP contribution in [0.5, 0.6) is 0 Å². The van der Waals surface area contributed by atoms with Crippen LogP contribution in [0.25, 0.3) is 0 Å². The highest BCUT2D eigenvalue weighted by Crippen LogP contribution is 2.40. The second kappa shape index (κ2) is 3.38. The van der Waals surface area contributed by atoms with Crippen LogP contribution in [0.1, 0.15) is 24.0 Å². The first-order valence-corrected chi connectivity index (χ1v) is 7.01. The molecule has 1 atom stereocenters. The quantitative estimate of drug-likeness (QED) is 0.793. The van der Waals surface area contributed by atoms with Crippen molar-refractivity contribution in [2.45, 2.75) is 19.3 Å².